The van der Waals surface area contributed by atoms with E-state index in [-0.39, 0.29) is 34.6 Å². The molecule has 4 N–H and O–H groups in total. The van der Waals surface area contributed by atoms with E-state index in [2.05, 4.69) is 9.98 Å². The molecule has 0 bridgehead atoms. The molecule has 0 aliphatic carbocycles. The molecule has 2 aromatic carbocycles. The fourth-order valence-corrected chi connectivity index (χ4v) is 5.47. The Morgan fingerprint density at radius 3 is 2.52 bits per heavy atom. The number of hydrogen-bond donors (Lipinski definition) is 2. The predicted octanol–water partition coefficient (Wildman–Crippen LogP) is 5.46. The first-order valence-corrected chi connectivity index (χ1v) is 14.6. The molecule has 4 aromatic rings. The Morgan fingerprint density at radius 1 is 1.09 bits per heavy atom. The number of anilines is 1. The van der Waals surface area contributed by atoms with Crippen molar-refractivity contribution in [2.24, 2.45) is 16.6 Å². The van der Waals surface area contributed by atoms with Crippen molar-refractivity contribution >= 4 is 23.4 Å². The zero-order valence-electron chi connectivity index (χ0n) is 24.9. The predicted molar refractivity (Wildman–Crippen MR) is 173 cm³/mol. The number of ketones is 1. The molecule has 1 saturated heterocycles. The van der Waals surface area contributed by atoms with E-state index in [4.69, 9.17) is 16.2 Å². The van der Waals surface area contributed by atoms with Crippen LogP contribution >= 0.6 is 0 Å². The van der Waals surface area contributed by atoms with Crippen molar-refractivity contribution in [3.8, 4) is 22.3 Å². The Bertz CT molecular complexity index is 1790. The fourth-order valence-electron chi connectivity index (χ4n) is 5.47. The molecule has 44 heavy (non-hydrogen) atoms. The molecule has 2 aromatic heterocycles. The lowest BCUT2D eigenvalue weighted by Gasteiger charge is -2.23. The zero-order chi connectivity index (χ0) is 31.2. The highest BCUT2D eigenvalue weighted by atomic mass is 19.1. The van der Waals surface area contributed by atoms with Crippen molar-refractivity contribution < 1.29 is 13.9 Å². The van der Waals surface area contributed by atoms with Crippen LogP contribution in [-0.4, -0.2) is 41.8 Å². The summed E-state index contributed by atoms with van der Waals surface area (Å²) in [6, 6.07) is 13.9. The molecule has 0 unspecified atom stereocenters. The number of aromatic nitrogens is 2. The molecule has 1 aliphatic rings. The van der Waals surface area contributed by atoms with Gasteiger partial charge in [0, 0.05) is 92.1 Å². The van der Waals surface area contributed by atoms with Gasteiger partial charge in [0.1, 0.15) is 11.6 Å². The summed E-state index contributed by atoms with van der Waals surface area (Å²) < 4.78 is 23.0. The summed E-state index contributed by atoms with van der Waals surface area (Å²) in [6.45, 7) is 4.06. The standard InChI is InChI=1S/C35H36FN5O3/c1-22-3-6-25(7-4-22)30-20-41(19-23-9-11-44-12-10-23)21-31(34(30)43)33(42)14-24-5-8-28(32(36)13-24)29-15-26(18-40-35(29)38)27(16-37)17-39-2/h3-8,13,15-18,20-21,23H,9-12,14,19,37H2,1-2H3,(H2,38,40). The third-order valence-corrected chi connectivity index (χ3v) is 7.94. The maximum atomic E-state index is 15.5. The third-order valence-electron chi connectivity index (χ3n) is 7.94. The third kappa shape index (κ3) is 6.84. The number of rotatable bonds is 9. The minimum Gasteiger partial charge on any atom is -0.404 e. The van der Waals surface area contributed by atoms with Crippen LogP contribution in [0.25, 0.3) is 27.8 Å². The normalized spacial score (nSPS) is 14.3. The second-order valence-corrected chi connectivity index (χ2v) is 11.1. The van der Waals surface area contributed by atoms with Gasteiger partial charge in [-0.25, -0.2) is 9.37 Å². The quantitative estimate of drug-likeness (QED) is 0.196. The first-order chi connectivity index (χ1) is 21.3. The van der Waals surface area contributed by atoms with Crippen LogP contribution in [-0.2, 0) is 17.7 Å². The minimum absolute atomic E-state index is 0.0828. The fraction of sp³-hybridized carbons (Fsp3) is 0.257. The number of benzene rings is 2. The Kier molecular flexibility index (Phi) is 9.45. The highest BCUT2D eigenvalue weighted by Gasteiger charge is 2.20. The summed E-state index contributed by atoms with van der Waals surface area (Å²) >= 11 is 0. The SMILES string of the molecule is CN=CC(=CN)c1cnc(N)c(-c2ccc(CC(=O)c3cn(CC4CCOCC4)cc(-c4ccc(C)cc4)c3=O)cc2F)c1. The molecule has 5 rings (SSSR count). The zero-order valence-corrected chi connectivity index (χ0v) is 24.9. The topological polar surface area (TPSA) is 126 Å². The van der Waals surface area contributed by atoms with Crippen LogP contribution in [0.3, 0.4) is 0 Å². The maximum Gasteiger partial charge on any atom is 0.200 e. The highest BCUT2D eigenvalue weighted by molar-refractivity contribution is 6.10. The highest BCUT2D eigenvalue weighted by Crippen LogP contribution is 2.30. The number of nitrogen functional groups attached to an aromatic ring is 1. The number of aryl methyl sites for hydroxylation is 1. The Morgan fingerprint density at radius 2 is 1.84 bits per heavy atom. The lowest BCUT2D eigenvalue weighted by Crippen LogP contribution is -2.25. The number of allylic oxidation sites excluding steroid dienone is 1. The van der Waals surface area contributed by atoms with E-state index < -0.39 is 5.82 Å². The van der Waals surface area contributed by atoms with E-state index in [1.807, 2.05) is 42.0 Å². The molecule has 1 aliphatic heterocycles. The first-order valence-electron chi connectivity index (χ1n) is 14.6. The summed E-state index contributed by atoms with van der Waals surface area (Å²) in [5.74, 6) is -0.405. The van der Waals surface area contributed by atoms with Crippen LogP contribution in [0.4, 0.5) is 10.2 Å². The number of hydrogen-bond acceptors (Lipinski definition) is 7. The van der Waals surface area contributed by atoms with E-state index in [1.54, 1.807) is 43.9 Å². The number of nitrogens with two attached hydrogens (primary N) is 2. The van der Waals surface area contributed by atoms with Gasteiger partial charge < -0.3 is 20.8 Å². The van der Waals surface area contributed by atoms with Gasteiger partial charge in [0.05, 0.1) is 5.56 Å². The monoisotopic (exact) mass is 593 g/mol. The average Bonchev–Trinajstić information content (AvgIpc) is 3.02. The van der Waals surface area contributed by atoms with Crippen molar-refractivity contribution in [2.75, 3.05) is 26.0 Å². The smallest absolute Gasteiger partial charge is 0.200 e. The van der Waals surface area contributed by atoms with E-state index in [1.165, 1.54) is 12.3 Å². The lowest BCUT2D eigenvalue weighted by atomic mass is 9.96. The van der Waals surface area contributed by atoms with Crippen LogP contribution in [0.1, 0.15) is 39.9 Å². The van der Waals surface area contributed by atoms with Crippen molar-refractivity contribution in [3.05, 3.63) is 112 Å². The van der Waals surface area contributed by atoms with Crippen LogP contribution in [0.5, 0.6) is 0 Å². The molecule has 226 valence electrons. The molecule has 0 amide bonds. The summed E-state index contributed by atoms with van der Waals surface area (Å²) in [6.07, 6.45) is 9.68. The molecule has 0 saturated carbocycles. The second-order valence-electron chi connectivity index (χ2n) is 11.1. The molecule has 8 nitrogen and oxygen atoms in total. The number of Topliss-reactive ketones (excluding diaryl/α,β-unsaturated/α-hetero) is 1. The number of carbonyl (C=O) groups excluding carboxylic acids is 1. The van der Waals surface area contributed by atoms with E-state index in [0.29, 0.717) is 53.5 Å². The molecular weight excluding hydrogens is 557 g/mol. The minimum atomic E-state index is -0.561. The Hall–Kier alpha value is -4.89. The van der Waals surface area contributed by atoms with Crippen molar-refractivity contribution in [2.45, 2.75) is 32.7 Å². The molecule has 1 fully saturated rings. The molecule has 0 spiro atoms. The maximum absolute atomic E-state index is 15.5. The number of halogens is 1. The van der Waals surface area contributed by atoms with Crippen LogP contribution in [0.15, 0.2) is 83.1 Å². The second kappa shape index (κ2) is 13.6. The molecule has 9 heteroatoms. The molecular formula is C35H36FN5O3. The van der Waals surface area contributed by atoms with Gasteiger partial charge >= 0.3 is 0 Å². The van der Waals surface area contributed by atoms with Crippen molar-refractivity contribution in [1.82, 2.24) is 9.55 Å². The van der Waals surface area contributed by atoms with Crippen LogP contribution < -0.4 is 16.9 Å². The number of aliphatic imine (C=N–C) groups is 1. The van der Waals surface area contributed by atoms with Crippen LogP contribution in [0, 0.1) is 18.7 Å². The summed E-state index contributed by atoms with van der Waals surface area (Å²) in [7, 11) is 1.62. The number of carbonyl (C=O) groups is 1. The lowest BCUT2D eigenvalue weighted by molar-refractivity contribution is 0.0612. The summed E-state index contributed by atoms with van der Waals surface area (Å²) in [5.41, 5.74) is 16.2. The summed E-state index contributed by atoms with van der Waals surface area (Å²) in [4.78, 5) is 35.5. The van der Waals surface area contributed by atoms with Gasteiger partial charge in [0.2, 0.25) is 0 Å². The Labute approximate surface area is 255 Å². The van der Waals surface area contributed by atoms with E-state index >= 15 is 4.39 Å². The van der Waals surface area contributed by atoms with Gasteiger partial charge in [0.15, 0.2) is 11.2 Å². The van der Waals surface area contributed by atoms with Gasteiger partial charge in [-0.2, -0.15) is 0 Å². The van der Waals surface area contributed by atoms with Gasteiger partial charge in [-0.05, 0) is 48.9 Å². The molecule has 0 atom stereocenters. The first kappa shape index (κ1) is 30.6. The number of nitrogens with zero attached hydrogens (tertiary/aromatic N) is 3. The van der Waals surface area contributed by atoms with Gasteiger partial charge in [0.25, 0.3) is 0 Å². The Balaban J connectivity index is 1.46. The van der Waals surface area contributed by atoms with E-state index in [0.717, 1.165) is 24.0 Å². The van der Waals surface area contributed by atoms with Crippen molar-refractivity contribution in [3.63, 3.8) is 0 Å². The van der Waals surface area contributed by atoms with Gasteiger partial charge in [-0.3, -0.25) is 14.6 Å². The van der Waals surface area contributed by atoms with Gasteiger partial charge in [-0.1, -0.05) is 42.0 Å². The molecule has 0 radical (unpaired) electrons. The van der Waals surface area contributed by atoms with Crippen molar-refractivity contribution in [1.29, 1.82) is 0 Å². The largest absolute Gasteiger partial charge is 0.404 e. The van der Waals surface area contributed by atoms with Gasteiger partial charge in [-0.15, -0.1) is 0 Å². The van der Waals surface area contributed by atoms with Crippen LogP contribution in [0.2, 0.25) is 0 Å². The average molecular weight is 594 g/mol. The number of ether oxygens (including phenoxy) is 1. The number of pyridine rings is 2. The molecule has 3 heterocycles. The van der Waals surface area contributed by atoms with E-state index in [9.17, 15) is 9.59 Å². The summed E-state index contributed by atoms with van der Waals surface area (Å²) in [5, 5.41) is 0.